The number of nitriles is 10. The van der Waals surface area contributed by atoms with E-state index in [1.807, 2.05) is 36.4 Å². The highest BCUT2D eigenvalue weighted by atomic mass is 14.4. The maximum absolute atomic E-state index is 10.4. The van der Waals surface area contributed by atoms with E-state index in [0.29, 0.717) is 0 Å². The molecule has 0 aliphatic rings. The molecule has 176 valence electrons. The summed E-state index contributed by atoms with van der Waals surface area (Å²) in [6, 6.07) is 25.6. The smallest absolute Gasteiger partial charge is 0.138 e. The van der Waals surface area contributed by atoms with Crippen LogP contribution in [0.3, 0.4) is 0 Å². The summed E-state index contributed by atoms with van der Waals surface area (Å²) in [5.74, 6) is 0. The van der Waals surface area contributed by atoms with Crippen LogP contribution < -0.4 is 10.4 Å². The Morgan fingerprint density at radius 3 is 0.850 bits per heavy atom. The Morgan fingerprint density at radius 2 is 0.650 bits per heavy atom. The lowest BCUT2D eigenvalue weighted by Gasteiger charge is -2.16. The molecule has 3 aromatic rings. The normalized spacial score (nSPS) is 8.75. The lowest BCUT2D eigenvalue weighted by molar-refractivity contribution is 1.35. The van der Waals surface area contributed by atoms with Gasteiger partial charge in [-0.15, -0.1) is 0 Å². The Balaban J connectivity index is 2.99. The van der Waals surface area contributed by atoms with Crippen molar-refractivity contribution in [1.82, 2.24) is 0 Å². The maximum atomic E-state index is 10.4. The number of hydrogen-bond donors (Lipinski definition) is 0. The van der Waals surface area contributed by atoms with Gasteiger partial charge in [-0.25, -0.2) is 0 Å². The average molecular weight is 506 g/mol. The van der Waals surface area contributed by atoms with E-state index in [4.69, 9.17) is 0 Å². The molecule has 0 atom stereocenters. The van der Waals surface area contributed by atoms with Crippen LogP contribution in [0.5, 0.6) is 0 Å². The predicted octanol–water partition coefficient (Wildman–Crippen LogP) is 2.65. The quantitative estimate of drug-likeness (QED) is 0.492. The van der Waals surface area contributed by atoms with Gasteiger partial charge in [0.2, 0.25) is 0 Å². The van der Waals surface area contributed by atoms with Crippen LogP contribution in [0.15, 0.2) is 36.4 Å². The molecule has 0 bridgehead atoms. The van der Waals surface area contributed by atoms with Crippen molar-refractivity contribution in [1.29, 1.82) is 52.6 Å². The van der Waals surface area contributed by atoms with Crippen molar-refractivity contribution < 1.29 is 0 Å². The zero-order valence-corrected chi connectivity index (χ0v) is 19.9. The molecule has 0 aromatic heterocycles. The summed E-state index contributed by atoms with van der Waals surface area (Å²) in [7, 11) is 0. The molecular weight excluding hydrogens is 500 g/mol. The molecule has 0 aliphatic heterocycles. The first-order valence-corrected chi connectivity index (χ1v) is 10.7. The third-order valence-electron chi connectivity index (χ3n) is 5.63. The molecule has 40 heavy (non-hydrogen) atoms. The lowest BCUT2D eigenvalue weighted by atomic mass is 9.83. The number of hydrogen-bond acceptors (Lipinski definition) is 10. The molecule has 0 fully saturated rings. The fourth-order valence-corrected chi connectivity index (χ4v) is 4.13. The molecule has 0 saturated heterocycles. The van der Waals surface area contributed by atoms with Gasteiger partial charge in [-0.05, 0) is 47.5 Å². The number of nitrogens with zero attached hydrogens (tertiary/aromatic N) is 10. The van der Waals surface area contributed by atoms with Crippen LogP contribution in [-0.2, 0) is 0 Å². The Bertz CT molecular complexity index is 1960. The van der Waals surface area contributed by atoms with Gasteiger partial charge in [-0.2, -0.15) is 52.6 Å². The highest BCUT2D eigenvalue weighted by molar-refractivity contribution is 5.92. The molecule has 10 heteroatoms. The highest BCUT2D eigenvalue weighted by Gasteiger charge is 2.25. The van der Waals surface area contributed by atoms with E-state index in [9.17, 15) is 52.6 Å². The fourth-order valence-electron chi connectivity index (χ4n) is 4.13. The standard InChI is InChI=1S/C30H6N10/c31-7-17-1-18(8-32)4-21(3-17)27-25(15-39)30(24(13-37)14-38)28(26(16-40)29(27)23(11-35)12-36)22-5-19(9-33)2-20(6-22)10-34/h1-6H. The second-order valence-electron chi connectivity index (χ2n) is 7.72. The van der Waals surface area contributed by atoms with Crippen LogP contribution in [0.4, 0.5) is 0 Å². The van der Waals surface area contributed by atoms with Gasteiger partial charge in [0, 0.05) is 21.6 Å². The Kier molecular flexibility index (Phi) is 7.64. The number of rotatable bonds is 2. The molecule has 0 radical (unpaired) electrons. The second kappa shape index (κ2) is 11.4. The third kappa shape index (κ3) is 4.47. The van der Waals surface area contributed by atoms with Crippen molar-refractivity contribution in [3.8, 4) is 82.9 Å². The van der Waals surface area contributed by atoms with E-state index < -0.39 is 22.3 Å². The average Bonchev–Trinajstić information content (AvgIpc) is 3.00. The fraction of sp³-hybridized carbons (Fsp3) is 0. The van der Waals surface area contributed by atoms with Gasteiger partial charge in [-0.3, -0.25) is 0 Å². The summed E-state index contributed by atoms with van der Waals surface area (Å²) in [5, 5.41) is 97.4. The zero-order valence-electron chi connectivity index (χ0n) is 19.9. The van der Waals surface area contributed by atoms with Crippen LogP contribution in [0.25, 0.3) is 33.4 Å². The van der Waals surface area contributed by atoms with Crippen molar-refractivity contribution in [3.05, 3.63) is 80.2 Å². The molecular formula is C30H6N10. The largest absolute Gasteiger partial charge is 0.192 e. The van der Waals surface area contributed by atoms with E-state index in [2.05, 4.69) is 0 Å². The first kappa shape index (κ1) is 26.9. The SMILES string of the molecule is N#CC(C#N)=c1c(C#N)c(-c2cc(C#N)cc(C#N)c2)c(=C(C#N)C#N)c(C#N)c1-c1cc(C#N)cc(C#N)c1. The summed E-state index contributed by atoms with van der Waals surface area (Å²) >= 11 is 0. The maximum Gasteiger partial charge on any atom is 0.138 e. The van der Waals surface area contributed by atoms with Crippen LogP contribution >= 0.6 is 0 Å². The van der Waals surface area contributed by atoms with Crippen LogP contribution in [-0.4, -0.2) is 0 Å². The molecule has 3 rings (SSSR count). The molecule has 10 nitrogen and oxygen atoms in total. The van der Waals surface area contributed by atoms with Gasteiger partial charge in [0.25, 0.3) is 0 Å². The summed E-state index contributed by atoms with van der Waals surface area (Å²) in [6.07, 6.45) is 0. The molecule has 3 aromatic carbocycles. The molecule has 0 unspecified atom stereocenters. The van der Waals surface area contributed by atoms with Crippen LogP contribution in [0.1, 0.15) is 33.4 Å². The van der Waals surface area contributed by atoms with E-state index >= 15 is 0 Å². The Morgan fingerprint density at radius 1 is 0.375 bits per heavy atom. The van der Waals surface area contributed by atoms with Crippen molar-refractivity contribution in [2.75, 3.05) is 0 Å². The summed E-state index contributed by atoms with van der Waals surface area (Å²) < 4.78 is 0. The minimum Gasteiger partial charge on any atom is -0.192 e. The zero-order chi connectivity index (χ0) is 29.4. The van der Waals surface area contributed by atoms with Gasteiger partial charge < -0.3 is 0 Å². The molecule has 0 amide bonds. The Labute approximate surface area is 226 Å². The van der Waals surface area contributed by atoms with Crippen LogP contribution in [0.2, 0.25) is 0 Å². The first-order chi connectivity index (χ1) is 19.4. The molecule has 0 N–H and O–H groups in total. The van der Waals surface area contributed by atoms with Crippen molar-refractivity contribution >= 4 is 11.1 Å². The first-order valence-electron chi connectivity index (χ1n) is 10.7. The van der Waals surface area contributed by atoms with Gasteiger partial charge in [-0.1, -0.05) is 0 Å². The predicted molar refractivity (Wildman–Crippen MR) is 134 cm³/mol. The van der Waals surface area contributed by atoms with E-state index in [1.165, 1.54) is 36.4 Å². The van der Waals surface area contributed by atoms with Crippen molar-refractivity contribution in [2.24, 2.45) is 0 Å². The number of benzene rings is 3. The van der Waals surface area contributed by atoms with Crippen molar-refractivity contribution in [3.63, 3.8) is 0 Å². The second-order valence-corrected chi connectivity index (χ2v) is 7.72. The third-order valence-corrected chi connectivity index (χ3v) is 5.63. The molecule has 0 saturated carbocycles. The van der Waals surface area contributed by atoms with E-state index in [1.54, 1.807) is 24.3 Å². The minimum atomic E-state index is -0.621. The molecule has 0 spiro atoms. The summed E-state index contributed by atoms with van der Waals surface area (Å²) in [6.45, 7) is 0. The minimum absolute atomic E-state index is 0.00632. The lowest BCUT2D eigenvalue weighted by Crippen LogP contribution is -2.28. The van der Waals surface area contributed by atoms with Crippen molar-refractivity contribution in [2.45, 2.75) is 0 Å². The monoisotopic (exact) mass is 506 g/mol. The highest BCUT2D eigenvalue weighted by Crippen LogP contribution is 2.29. The summed E-state index contributed by atoms with van der Waals surface area (Å²) in [5.41, 5.74) is -2.62. The van der Waals surface area contributed by atoms with Gasteiger partial charge >= 0.3 is 0 Å². The van der Waals surface area contributed by atoms with E-state index in [0.717, 1.165) is 0 Å². The topological polar surface area (TPSA) is 238 Å². The molecule has 0 aliphatic carbocycles. The molecule has 0 heterocycles. The summed E-state index contributed by atoms with van der Waals surface area (Å²) in [4.78, 5) is 0. The van der Waals surface area contributed by atoms with Crippen LogP contribution in [0, 0.1) is 113 Å². The van der Waals surface area contributed by atoms with Gasteiger partial charge in [0.05, 0.1) is 57.7 Å². The van der Waals surface area contributed by atoms with Gasteiger partial charge in [0.1, 0.15) is 47.6 Å². The van der Waals surface area contributed by atoms with E-state index in [-0.39, 0.29) is 54.9 Å². The van der Waals surface area contributed by atoms with Gasteiger partial charge in [0.15, 0.2) is 0 Å². The Hall–Kier alpha value is -7.70.